The lowest BCUT2D eigenvalue weighted by molar-refractivity contribution is 0.0975. The number of amides is 2. The highest BCUT2D eigenvalue weighted by Gasteiger charge is 2.20. The Balaban J connectivity index is 1.99. The van der Waals surface area contributed by atoms with Gasteiger partial charge in [-0.05, 0) is 67.7 Å². The van der Waals surface area contributed by atoms with E-state index in [0.29, 0.717) is 35.1 Å². The topological polar surface area (TPSA) is 93.4 Å². The Morgan fingerprint density at radius 1 is 1.24 bits per heavy atom. The number of thiocarbonyl (C=S) groups is 1. The van der Waals surface area contributed by atoms with Crippen LogP contribution in [0.1, 0.15) is 58.3 Å². The Labute approximate surface area is 180 Å². The molecule has 0 saturated heterocycles. The van der Waals surface area contributed by atoms with Crippen molar-refractivity contribution in [2.24, 2.45) is 11.7 Å². The maximum atomic E-state index is 12.4. The number of carbonyl (C=O) groups is 2. The van der Waals surface area contributed by atoms with Gasteiger partial charge in [-0.15, -0.1) is 11.3 Å². The van der Waals surface area contributed by atoms with Gasteiger partial charge in [0.05, 0.1) is 12.2 Å². The molecule has 0 fully saturated rings. The summed E-state index contributed by atoms with van der Waals surface area (Å²) in [5.74, 6) is 0.427. The van der Waals surface area contributed by atoms with E-state index in [2.05, 4.69) is 24.5 Å². The monoisotopic (exact) mass is 433 g/mol. The van der Waals surface area contributed by atoms with E-state index in [1.807, 2.05) is 13.8 Å². The summed E-state index contributed by atoms with van der Waals surface area (Å²) in [6.07, 6.45) is 1.66. The standard InChI is InChI=1S/C21H27N3O3S2/c1-5-16-13(4)29-20(17(16)18(22)25)24-21(28)23-19(26)14-6-8-15(9-7-14)27-11-10-12(2)3/h6-9,12H,5,10-11H2,1-4H3,(H2,22,25)(H2,23,24,26,28). The fourth-order valence-corrected chi connectivity index (χ4v) is 4.19. The maximum Gasteiger partial charge on any atom is 0.257 e. The minimum absolute atomic E-state index is 0.110. The first-order chi connectivity index (χ1) is 13.7. The van der Waals surface area contributed by atoms with Crippen LogP contribution in [-0.2, 0) is 6.42 Å². The normalized spacial score (nSPS) is 10.7. The molecule has 2 aromatic rings. The number of aryl methyl sites for hydroxylation is 1. The van der Waals surface area contributed by atoms with E-state index >= 15 is 0 Å². The molecule has 2 amide bonds. The van der Waals surface area contributed by atoms with Crippen LogP contribution in [0.25, 0.3) is 0 Å². The van der Waals surface area contributed by atoms with Gasteiger partial charge in [-0.25, -0.2) is 0 Å². The minimum atomic E-state index is -0.518. The lowest BCUT2D eigenvalue weighted by atomic mass is 10.1. The molecular formula is C21H27N3O3S2. The van der Waals surface area contributed by atoms with E-state index in [0.717, 1.165) is 22.6 Å². The van der Waals surface area contributed by atoms with E-state index in [1.165, 1.54) is 11.3 Å². The summed E-state index contributed by atoms with van der Waals surface area (Å²) in [6.45, 7) is 8.80. The Bertz CT molecular complexity index is 889. The number of nitrogens with two attached hydrogens (primary N) is 1. The molecule has 2 rings (SSSR count). The van der Waals surface area contributed by atoms with Crippen LogP contribution in [0, 0.1) is 12.8 Å². The average molecular weight is 434 g/mol. The number of rotatable bonds is 8. The van der Waals surface area contributed by atoms with E-state index in [-0.39, 0.29) is 11.0 Å². The zero-order valence-electron chi connectivity index (χ0n) is 17.1. The maximum absolute atomic E-state index is 12.4. The van der Waals surface area contributed by atoms with Crippen LogP contribution in [0.2, 0.25) is 0 Å². The summed E-state index contributed by atoms with van der Waals surface area (Å²) in [6, 6.07) is 6.88. The molecule has 1 heterocycles. The molecule has 29 heavy (non-hydrogen) atoms. The van der Waals surface area contributed by atoms with Gasteiger partial charge in [0.2, 0.25) is 0 Å². The molecule has 0 unspecified atom stereocenters. The van der Waals surface area contributed by atoms with Crippen molar-refractivity contribution in [2.75, 3.05) is 11.9 Å². The third-order valence-corrected chi connectivity index (χ3v) is 5.61. The van der Waals surface area contributed by atoms with Crippen LogP contribution in [0.5, 0.6) is 5.75 Å². The molecular weight excluding hydrogens is 406 g/mol. The van der Waals surface area contributed by atoms with Crippen molar-refractivity contribution in [1.82, 2.24) is 5.32 Å². The SMILES string of the molecule is CCc1c(C)sc(NC(=S)NC(=O)c2ccc(OCCC(C)C)cc2)c1C(N)=O. The number of anilines is 1. The predicted octanol–water partition coefficient (Wildman–Crippen LogP) is 4.27. The van der Waals surface area contributed by atoms with Crippen molar-refractivity contribution in [2.45, 2.75) is 40.5 Å². The summed E-state index contributed by atoms with van der Waals surface area (Å²) in [7, 11) is 0. The molecule has 6 nitrogen and oxygen atoms in total. The Morgan fingerprint density at radius 3 is 2.45 bits per heavy atom. The molecule has 0 aliphatic rings. The molecule has 0 radical (unpaired) electrons. The second-order valence-electron chi connectivity index (χ2n) is 7.02. The first-order valence-corrected chi connectivity index (χ1v) is 10.7. The largest absolute Gasteiger partial charge is 0.494 e. The van der Waals surface area contributed by atoms with Crippen LogP contribution in [-0.4, -0.2) is 23.5 Å². The third kappa shape index (κ3) is 6.27. The number of thiophene rings is 1. The second kappa shape index (κ2) is 10.4. The number of primary amides is 1. The molecule has 0 spiro atoms. The number of nitrogens with one attached hydrogen (secondary N) is 2. The van der Waals surface area contributed by atoms with Crippen LogP contribution in [0.3, 0.4) is 0 Å². The predicted molar refractivity (Wildman–Crippen MR) is 122 cm³/mol. The Hall–Kier alpha value is -2.45. The van der Waals surface area contributed by atoms with E-state index in [9.17, 15) is 9.59 Å². The highest BCUT2D eigenvalue weighted by Crippen LogP contribution is 2.33. The molecule has 0 aliphatic carbocycles. The van der Waals surface area contributed by atoms with Gasteiger partial charge < -0.3 is 15.8 Å². The molecule has 4 N–H and O–H groups in total. The lowest BCUT2D eigenvalue weighted by Crippen LogP contribution is -2.34. The number of ether oxygens (including phenoxy) is 1. The van der Waals surface area contributed by atoms with E-state index < -0.39 is 5.91 Å². The van der Waals surface area contributed by atoms with Gasteiger partial charge in [0, 0.05) is 10.4 Å². The molecule has 0 bridgehead atoms. The number of benzene rings is 1. The lowest BCUT2D eigenvalue weighted by Gasteiger charge is -2.11. The van der Waals surface area contributed by atoms with Gasteiger partial charge in [-0.2, -0.15) is 0 Å². The fraction of sp³-hybridized carbons (Fsp3) is 0.381. The second-order valence-corrected chi connectivity index (χ2v) is 8.66. The van der Waals surface area contributed by atoms with Gasteiger partial charge in [-0.1, -0.05) is 20.8 Å². The molecule has 1 aromatic carbocycles. The van der Waals surface area contributed by atoms with Crippen molar-refractivity contribution < 1.29 is 14.3 Å². The molecule has 1 aromatic heterocycles. The Morgan fingerprint density at radius 2 is 1.90 bits per heavy atom. The quantitative estimate of drug-likeness (QED) is 0.541. The van der Waals surface area contributed by atoms with Crippen LogP contribution in [0.15, 0.2) is 24.3 Å². The molecule has 0 aliphatic heterocycles. The Kier molecular flexibility index (Phi) is 8.16. The van der Waals surface area contributed by atoms with Crippen LogP contribution < -0.4 is 21.1 Å². The average Bonchev–Trinajstić information content (AvgIpc) is 2.96. The number of carbonyl (C=O) groups excluding carboxylic acids is 2. The minimum Gasteiger partial charge on any atom is -0.494 e. The highest BCUT2D eigenvalue weighted by molar-refractivity contribution is 7.80. The molecule has 0 atom stereocenters. The highest BCUT2D eigenvalue weighted by atomic mass is 32.1. The fourth-order valence-electron chi connectivity index (χ4n) is 2.78. The number of hydrogen-bond acceptors (Lipinski definition) is 5. The van der Waals surface area contributed by atoms with Crippen LogP contribution in [0.4, 0.5) is 5.00 Å². The summed E-state index contributed by atoms with van der Waals surface area (Å²) < 4.78 is 5.66. The van der Waals surface area contributed by atoms with Gasteiger partial charge >= 0.3 is 0 Å². The first-order valence-electron chi connectivity index (χ1n) is 9.50. The van der Waals surface area contributed by atoms with Gasteiger partial charge in [0.15, 0.2) is 5.11 Å². The zero-order valence-corrected chi connectivity index (χ0v) is 18.8. The zero-order chi connectivity index (χ0) is 21.6. The van der Waals surface area contributed by atoms with Gasteiger partial charge in [0.25, 0.3) is 11.8 Å². The summed E-state index contributed by atoms with van der Waals surface area (Å²) in [5, 5.41) is 6.22. The van der Waals surface area contributed by atoms with E-state index in [4.69, 9.17) is 22.7 Å². The van der Waals surface area contributed by atoms with Crippen molar-refractivity contribution >= 4 is 45.5 Å². The van der Waals surface area contributed by atoms with Crippen molar-refractivity contribution in [3.8, 4) is 5.75 Å². The molecule has 8 heteroatoms. The van der Waals surface area contributed by atoms with Crippen LogP contribution >= 0.6 is 23.6 Å². The van der Waals surface area contributed by atoms with E-state index in [1.54, 1.807) is 24.3 Å². The van der Waals surface area contributed by atoms with Gasteiger partial charge in [-0.3, -0.25) is 14.9 Å². The van der Waals surface area contributed by atoms with Gasteiger partial charge in [0.1, 0.15) is 10.8 Å². The summed E-state index contributed by atoms with van der Waals surface area (Å²) in [5.41, 5.74) is 7.30. The number of hydrogen-bond donors (Lipinski definition) is 3. The summed E-state index contributed by atoms with van der Waals surface area (Å²) >= 11 is 6.63. The smallest absolute Gasteiger partial charge is 0.257 e. The van der Waals surface area contributed by atoms with Crippen molar-refractivity contribution in [3.63, 3.8) is 0 Å². The summed E-state index contributed by atoms with van der Waals surface area (Å²) in [4.78, 5) is 25.3. The third-order valence-electron chi connectivity index (χ3n) is 4.34. The first kappa shape index (κ1) is 22.8. The molecule has 156 valence electrons. The van der Waals surface area contributed by atoms with Crippen molar-refractivity contribution in [3.05, 3.63) is 45.8 Å². The van der Waals surface area contributed by atoms with Crippen molar-refractivity contribution in [1.29, 1.82) is 0 Å². The molecule has 0 saturated carbocycles.